The number of amides is 1. The van der Waals surface area contributed by atoms with Crippen molar-refractivity contribution in [3.05, 3.63) is 54.2 Å². The lowest BCUT2D eigenvalue weighted by Crippen LogP contribution is -2.15. The third-order valence-corrected chi connectivity index (χ3v) is 3.90. The van der Waals surface area contributed by atoms with Crippen LogP contribution < -0.4 is 5.32 Å². The van der Waals surface area contributed by atoms with Crippen molar-refractivity contribution in [3.63, 3.8) is 0 Å². The Hall–Kier alpha value is -2.96. The van der Waals surface area contributed by atoms with E-state index in [0.29, 0.717) is 11.5 Å². The first-order valence-corrected chi connectivity index (χ1v) is 7.64. The summed E-state index contributed by atoms with van der Waals surface area (Å²) in [7, 11) is 0. The van der Waals surface area contributed by atoms with Crippen LogP contribution in [0.4, 0.5) is 5.82 Å². The zero-order chi connectivity index (χ0) is 15.6. The smallest absolute Gasteiger partial charge is 0.275 e. The lowest BCUT2D eigenvalue weighted by molar-refractivity contribution is 0.102. The molecule has 1 N–H and O–H groups in total. The molecule has 0 atom stereocenters. The molecule has 23 heavy (non-hydrogen) atoms. The van der Waals surface area contributed by atoms with Gasteiger partial charge in [-0.2, -0.15) is 10.2 Å². The fraction of sp³-hybridized carbons (Fsp3) is 0.250. The van der Waals surface area contributed by atoms with Gasteiger partial charge in [0.05, 0.1) is 5.69 Å². The van der Waals surface area contributed by atoms with Gasteiger partial charge in [0.2, 0.25) is 0 Å². The molecule has 4 rings (SSSR count). The van der Waals surface area contributed by atoms with Crippen molar-refractivity contribution < 1.29 is 4.79 Å². The second kappa shape index (κ2) is 5.68. The predicted octanol–water partition coefficient (Wildman–Crippen LogP) is 2.05. The van der Waals surface area contributed by atoms with Gasteiger partial charge in [-0.3, -0.25) is 14.5 Å². The maximum atomic E-state index is 12.4. The third kappa shape index (κ3) is 2.73. The predicted molar refractivity (Wildman–Crippen MR) is 84.5 cm³/mol. The summed E-state index contributed by atoms with van der Waals surface area (Å²) in [6, 6.07) is 7.28. The van der Waals surface area contributed by atoms with Crippen LogP contribution >= 0.6 is 0 Å². The Morgan fingerprint density at radius 3 is 3.00 bits per heavy atom. The average Bonchev–Trinajstić information content (AvgIpc) is 3.24. The van der Waals surface area contributed by atoms with Gasteiger partial charge >= 0.3 is 0 Å². The topological polar surface area (TPSA) is 77.6 Å². The summed E-state index contributed by atoms with van der Waals surface area (Å²) < 4.78 is 3.65. The van der Waals surface area contributed by atoms with Crippen LogP contribution in [-0.4, -0.2) is 30.5 Å². The molecule has 1 aliphatic heterocycles. The highest BCUT2D eigenvalue weighted by Gasteiger charge is 2.15. The summed E-state index contributed by atoms with van der Waals surface area (Å²) in [4.78, 5) is 16.5. The molecule has 0 spiro atoms. The molecule has 0 unspecified atom stereocenters. The maximum Gasteiger partial charge on any atom is 0.275 e. The number of aryl methyl sites for hydroxylation is 2. The van der Waals surface area contributed by atoms with Crippen LogP contribution in [-0.2, 0) is 13.0 Å². The van der Waals surface area contributed by atoms with E-state index in [4.69, 9.17) is 0 Å². The molecule has 116 valence electrons. The quantitative estimate of drug-likeness (QED) is 0.803. The molecule has 1 amide bonds. The van der Waals surface area contributed by atoms with Crippen molar-refractivity contribution in [1.82, 2.24) is 24.5 Å². The first kappa shape index (κ1) is 13.7. The van der Waals surface area contributed by atoms with E-state index in [2.05, 4.69) is 20.5 Å². The number of carbonyl (C=O) groups excluding carboxylic acids is 1. The maximum absolute atomic E-state index is 12.4. The van der Waals surface area contributed by atoms with Gasteiger partial charge in [-0.05, 0) is 37.5 Å². The van der Waals surface area contributed by atoms with Crippen molar-refractivity contribution in [2.45, 2.75) is 25.8 Å². The van der Waals surface area contributed by atoms with Gasteiger partial charge in [0, 0.05) is 36.9 Å². The standard InChI is InChI=1S/C16H16N6O/c23-16(19-15-11-12-4-1-2-8-22(12)20-15)14-10-13(5-7-17-14)21-9-3-6-18-21/h3,5-7,9-11H,1-2,4,8H2,(H,19,20,23). The van der Waals surface area contributed by atoms with E-state index in [9.17, 15) is 4.79 Å². The lowest BCUT2D eigenvalue weighted by atomic mass is 10.1. The molecular formula is C16H16N6O. The Balaban J connectivity index is 1.55. The second-order valence-electron chi connectivity index (χ2n) is 5.51. The van der Waals surface area contributed by atoms with E-state index >= 15 is 0 Å². The van der Waals surface area contributed by atoms with Gasteiger partial charge in [0.1, 0.15) is 5.69 Å². The summed E-state index contributed by atoms with van der Waals surface area (Å²) >= 11 is 0. The highest BCUT2D eigenvalue weighted by molar-refractivity contribution is 6.02. The number of pyridine rings is 1. The Bertz CT molecular complexity index is 813. The summed E-state index contributed by atoms with van der Waals surface area (Å²) in [6.07, 6.45) is 8.43. The van der Waals surface area contributed by atoms with Crippen molar-refractivity contribution in [2.75, 3.05) is 5.32 Å². The summed E-state index contributed by atoms with van der Waals surface area (Å²) in [5.74, 6) is 0.313. The zero-order valence-corrected chi connectivity index (χ0v) is 12.5. The Kier molecular flexibility index (Phi) is 3.38. The van der Waals surface area contributed by atoms with Crippen LogP contribution in [0.2, 0.25) is 0 Å². The van der Waals surface area contributed by atoms with Gasteiger partial charge < -0.3 is 5.32 Å². The van der Waals surface area contributed by atoms with Crippen LogP contribution in [0, 0.1) is 0 Å². The number of rotatable bonds is 3. The second-order valence-corrected chi connectivity index (χ2v) is 5.51. The van der Waals surface area contributed by atoms with Gasteiger partial charge in [0.15, 0.2) is 5.82 Å². The summed E-state index contributed by atoms with van der Waals surface area (Å²) in [5.41, 5.74) is 2.30. The molecule has 0 radical (unpaired) electrons. The van der Waals surface area contributed by atoms with Crippen molar-refractivity contribution in [3.8, 4) is 5.69 Å². The van der Waals surface area contributed by atoms with Crippen LogP contribution in [0.25, 0.3) is 5.69 Å². The van der Waals surface area contributed by atoms with E-state index in [1.54, 1.807) is 29.2 Å². The molecule has 0 saturated heterocycles. The number of nitrogens with zero attached hydrogens (tertiary/aromatic N) is 5. The Labute approximate surface area is 133 Å². The Morgan fingerprint density at radius 2 is 2.17 bits per heavy atom. The lowest BCUT2D eigenvalue weighted by Gasteiger charge is -2.11. The minimum Gasteiger partial charge on any atom is -0.304 e. The van der Waals surface area contributed by atoms with Gasteiger partial charge in [-0.15, -0.1) is 0 Å². The SMILES string of the molecule is O=C(Nc1cc2n(n1)CCCC2)c1cc(-n2cccn2)ccn1. The van der Waals surface area contributed by atoms with Crippen molar-refractivity contribution in [2.24, 2.45) is 0 Å². The zero-order valence-electron chi connectivity index (χ0n) is 12.5. The molecule has 3 aromatic heterocycles. The minimum absolute atomic E-state index is 0.269. The van der Waals surface area contributed by atoms with Crippen LogP contribution in [0.15, 0.2) is 42.9 Å². The minimum atomic E-state index is -0.269. The van der Waals surface area contributed by atoms with E-state index in [-0.39, 0.29) is 5.91 Å². The molecule has 0 aromatic carbocycles. The van der Waals surface area contributed by atoms with E-state index in [1.807, 2.05) is 23.0 Å². The van der Waals surface area contributed by atoms with Crippen molar-refractivity contribution in [1.29, 1.82) is 0 Å². The number of carbonyl (C=O) groups is 1. The molecule has 0 fully saturated rings. The summed E-state index contributed by atoms with van der Waals surface area (Å²) in [5, 5.41) is 11.4. The number of hydrogen-bond acceptors (Lipinski definition) is 4. The number of hydrogen-bond donors (Lipinski definition) is 1. The highest BCUT2D eigenvalue weighted by Crippen LogP contribution is 2.18. The van der Waals surface area contributed by atoms with Gasteiger partial charge in [-0.25, -0.2) is 4.68 Å². The average molecular weight is 308 g/mol. The van der Waals surface area contributed by atoms with E-state index in [0.717, 1.165) is 25.1 Å². The first-order valence-electron chi connectivity index (χ1n) is 7.64. The monoisotopic (exact) mass is 308 g/mol. The number of nitrogens with one attached hydrogen (secondary N) is 1. The highest BCUT2D eigenvalue weighted by atomic mass is 16.2. The molecule has 7 heteroatoms. The molecule has 1 aliphatic rings. The van der Waals surface area contributed by atoms with Crippen molar-refractivity contribution >= 4 is 11.7 Å². The van der Waals surface area contributed by atoms with Crippen LogP contribution in [0.3, 0.4) is 0 Å². The van der Waals surface area contributed by atoms with Gasteiger partial charge in [-0.1, -0.05) is 0 Å². The number of anilines is 1. The third-order valence-electron chi connectivity index (χ3n) is 3.90. The number of fused-ring (bicyclic) bond motifs is 1. The van der Waals surface area contributed by atoms with Crippen LogP contribution in [0.5, 0.6) is 0 Å². The molecule has 3 aromatic rings. The molecule has 4 heterocycles. The van der Waals surface area contributed by atoms with Gasteiger partial charge in [0.25, 0.3) is 5.91 Å². The van der Waals surface area contributed by atoms with Crippen LogP contribution in [0.1, 0.15) is 29.0 Å². The van der Waals surface area contributed by atoms with E-state index < -0.39 is 0 Å². The summed E-state index contributed by atoms with van der Waals surface area (Å²) in [6.45, 7) is 0.915. The van der Waals surface area contributed by atoms with E-state index in [1.165, 1.54) is 12.1 Å². The molecular weight excluding hydrogens is 292 g/mol. The fourth-order valence-electron chi connectivity index (χ4n) is 2.77. The first-order chi connectivity index (χ1) is 11.3. The largest absolute Gasteiger partial charge is 0.304 e. The molecule has 0 saturated carbocycles. The molecule has 7 nitrogen and oxygen atoms in total. The fourth-order valence-corrected chi connectivity index (χ4v) is 2.77. The number of aromatic nitrogens is 5. The normalized spacial score (nSPS) is 13.6. The Morgan fingerprint density at radius 1 is 1.22 bits per heavy atom. The molecule has 0 aliphatic carbocycles. The molecule has 0 bridgehead atoms.